The van der Waals surface area contributed by atoms with Crippen LogP contribution in [0.25, 0.3) is 0 Å². The fourth-order valence-corrected chi connectivity index (χ4v) is 3.60. The highest BCUT2D eigenvalue weighted by molar-refractivity contribution is 5.50. The van der Waals surface area contributed by atoms with Crippen LogP contribution in [0, 0.1) is 6.92 Å². The van der Waals surface area contributed by atoms with Crippen LogP contribution in [0.4, 0.5) is 11.6 Å². The number of hydrogen-bond acceptors (Lipinski definition) is 8. The Balaban J connectivity index is 1.46. The fraction of sp³-hybridized carbons (Fsp3) is 0.375. The van der Waals surface area contributed by atoms with Gasteiger partial charge in [-0.15, -0.1) is 0 Å². The lowest BCUT2D eigenvalue weighted by atomic mass is 10.1. The SMILES string of the molecule is Cc1cccc(CN(C)Nc2cc(N3CCOCC3)nc(OCCc3ccccn3)n2)c1. The summed E-state index contributed by atoms with van der Waals surface area (Å²) in [6, 6.07) is 16.7. The topological polar surface area (TPSA) is 75.6 Å². The lowest BCUT2D eigenvalue weighted by Crippen LogP contribution is -2.37. The van der Waals surface area contributed by atoms with Gasteiger partial charge in [0, 0.05) is 51.1 Å². The van der Waals surface area contributed by atoms with Gasteiger partial charge in [-0.25, -0.2) is 5.01 Å². The van der Waals surface area contributed by atoms with Crippen LogP contribution in [0.2, 0.25) is 0 Å². The van der Waals surface area contributed by atoms with Crippen molar-refractivity contribution in [1.82, 2.24) is 20.0 Å². The Morgan fingerprint density at radius 1 is 1.09 bits per heavy atom. The van der Waals surface area contributed by atoms with Gasteiger partial charge in [0.05, 0.1) is 19.8 Å². The molecule has 32 heavy (non-hydrogen) atoms. The number of nitrogens with zero attached hydrogens (tertiary/aromatic N) is 5. The van der Waals surface area contributed by atoms with E-state index in [2.05, 4.69) is 56.5 Å². The number of pyridine rings is 1. The summed E-state index contributed by atoms with van der Waals surface area (Å²) in [7, 11) is 2.00. The number of hydrogen-bond donors (Lipinski definition) is 1. The maximum Gasteiger partial charge on any atom is 0.320 e. The molecule has 168 valence electrons. The molecule has 0 radical (unpaired) electrons. The summed E-state index contributed by atoms with van der Waals surface area (Å²) in [5, 5.41) is 2.01. The van der Waals surface area contributed by atoms with Crippen LogP contribution in [0.1, 0.15) is 16.8 Å². The normalized spacial score (nSPS) is 13.9. The molecule has 0 aliphatic carbocycles. The molecule has 8 heteroatoms. The minimum atomic E-state index is 0.358. The van der Waals surface area contributed by atoms with Crippen LogP contribution in [0.5, 0.6) is 6.01 Å². The number of anilines is 2. The van der Waals surface area contributed by atoms with E-state index in [1.165, 1.54) is 11.1 Å². The molecule has 4 rings (SSSR count). The van der Waals surface area contributed by atoms with E-state index in [4.69, 9.17) is 9.47 Å². The van der Waals surface area contributed by atoms with E-state index in [9.17, 15) is 0 Å². The van der Waals surface area contributed by atoms with Crippen molar-refractivity contribution in [3.8, 4) is 6.01 Å². The van der Waals surface area contributed by atoms with Crippen molar-refractivity contribution in [2.45, 2.75) is 19.9 Å². The van der Waals surface area contributed by atoms with E-state index >= 15 is 0 Å². The average molecular weight is 435 g/mol. The number of aryl methyl sites for hydroxylation is 1. The number of benzene rings is 1. The van der Waals surface area contributed by atoms with Crippen LogP contribution in [-0.4, -0.2) is 59.9 Å². The number of rotatable bonds is 9. The minimum Gasteiger partial charge on any atom is -0.463 e. The Hall–Kier alpha value is -3.23. The van der Waals surface area contributed by atoms with Gasteiger partial charge in [0.1, 0.15) is 11.6 Å². The molecule has 3 aromatic rings. The highest BCUT2D eigenvalue weighted by Gasteiger charge is 2.16. The van der Waals surface area contributed by atoms with Crippen LogP contribution >= 0.6 is 0 Å². The molecule has 1 fully saturated rings. The maximum absolute atomic E-state index is 5.92. The third-order valence-electron chi connectivity index (χ3n) is 5.15. The zero-order valence-corrected chi connectivity index (χ0v) is 18.7. The Morgan fingerprint density at radius 3 is 2.75 bits per heavy atom. The second-order valence-electron chi connectivity index (χ2n) is 7.87. The third-order valence-corrected chi connectivity index (χ3v) is 5.15. The van der Waals surface area contributed by atoms with E-state index in [0.29, 0.717) is 38.1 Å². The van der Waals surface area contributed by atoms with E-state index in [1.54, 1.807) is 6.20 Å². The fourth-order valence-electron chi connectivity index (χ4n) is 3.60. The number of nitrogens with one attached hydrogen (secondary N) is 1. The quantitative estimate of drug-likeness (QED) is 0.515. The van der Waals surface area contributed by atoms with Gasteiger partial charge in [-0.1, -0.05) is 35.9 Å². The first-order valence-electron chi connectivity index (χ1n) is 10.9. The van der Waals surface area contributed by atoms with Crippen molar-refractivity contribution in [3.05, 3.63) is 71.5 Å². The first-order valence-corrected chi connectivity index (χ1v) is 10.9. The molecule has 0 unspecified atom stereocenters. The van der Waals surface area contributed by atoms with Crippen LogP contribution in [0.15, 0.2) is 54.7 Å². The van der Waals surface area contributed by atoms with Gasteiger partial charge < -0.3 is 19.8 Å². The summed E-state index contributed by atoms with van der Waals surface area (Å²) in [5.74, 6) is 1.53. The van der Waals surface area contributed by atoms with Crippen molar-refractivity contribution >= 4 is 11.6 Å². The van der Waals surface area contributed by atoms with Gasteiger partial charge in [-0.05, 0) is 24.6 Å². The molecule has 3 heterocycles. The third kappa shape index (κ3) is 6.38. The Labute approximate surface area is 189 Å². The number of morpholine rings is 1. The maximum atomic E-state index is 5.92. The summed E-state index contributed by atoms with van der Waals surface area (Å²) in [4.78, 5) is 15.8. The molecule has 1 aliphatic heterocycles. The molecule has 8 nitrogen and oxygen atoms in total. The monoisotopic (exact) mass is 434 g/mol. The van der Waals surface area contributed by atoms with Crippen molar-refractivity contribution in [1.29, 1.82) is 0 Å². The van der Waals surface area contributed by atoms with Gasteiger partial charge in [0.2, 0.25) is 0 Å². The highest BCUT2D eigenvalue weighted by Crippen LogP contribution is 2.21. The van der Waals surface area contributed by atoms with Crippen molar-refractivity contribution in [2.24, 2.45) is 0 Å². The summed E-state index contributed by atoms with van der Waals surface area (Å²) in [5.41, 5.74) is 6.83. The summed E-state index contributed by atoms with van der Waals surface area (Å²) in [6.07, 6.45) is 2.49. The zero-order chi connectivity index (χ0) is 22.2. The predicted molar refractivity (Wildman–Crippen MR) is 125 cm³/mol. The van der Waals surface area contributed by atoms with Crippen molar-refractivity contribution in [3.63, 3.8) is 0 Å². The van der Waals surface area contributed by atoms with E-state index in [1.807, 2.05) is 36.3 Å². The van der Waals surface area contributed by atoms with Gasteiger partial charge >= 0.3 is 6.01 Å². The largest absolute Gasteiger partial charge is 0.463 e. The lowest BCUT2D eigenvalue weighted by Gasteiger charge is -2.28. The predicted octanol–water partition coefficient (Wildman–Crippen LogP) is 3.10. The molecule has 0 bridgehead atoms. The van der Waals surface area contributed by atoms with Gasteiger partial charge in [0.15, 0.2) is 0 Å². The Kier molecular flexibility index (Phi) is 7.47. The molecule has 1 N–H and O–H groups in total. The first-order chi connectivity index (χ1) is 15.7. The minimum absolute atomic E-state index is 0.358. The summed E-state index contributed by atoms with van der Waals surface area (Å²) in [6.45, 7) is 6.28. The number of hydrazine groups is 1. The summed E-state index contributed by atoms with van der Waals surface area (Å²) < 4.78 is 11.4. The molecular weight excluding hydrogens is 404 g/mol. The number of ether oxygens (including phenoxy) is 2. The summed E-state index contributed by atoms with van der Waals surface area (Å²) >= 11 is 0. The standard InChI is InChI=1S/C24H30N6O2/c1-19-6-5-7-20(16-19)18-29(2)28-22-17-23(30-11-14-31-15-12-30)27-24(26-22)32-13-9-21-8-3-4-10-25-21/h3-8,10,16-17H,9,11-15,18H2,1-2H3,(H,26,27,28). The Morgan fingerprint density at radius 2 is 1.97 bits per heavy atom. The molecule has 0 atom stereocenters. The second kappa shape index (κ2) is 10.9. The lowest BCUT2D eigenvalue weighted by molar-refractivity contribution is 0.122. The van der Waals surface area contributed by atoms with E-state index in [0.717, 1.165) is 31.1 Å². The van der Waals surface area contributed by atoms with Gasteiger partial charge in [-0.3, -0.25) is 4.98 Å². The number of aromatic nitrogens is 3. The highest BCUT2D eigenvalue weighted by atomic mass is 16.5. The van der Waals surface area contributed by atoms with Crippen molar-refractivity contribution in [2.75, 3.05) is 50.3 Å². The molecule has 2 aromatic heterocycles. The molecule has 1 aromatic carbocycles. The van der Waals surface area contributed by atoms with Crippen molar-refractivity contribution < 1.29 is 9.47 Å². The van der Waals surface area contributed by atoms with Gasteiger partial charge in [0.25, 0.3) is 0 Å². The van der Waals surface area contributed by atoms with E-state index < -0.39 is 0 Å². The molecule has 0 saturated carbocycles. The molecular formula is C24H30N6O2. The second-order valence-corrected chi connectivity index (χ2v) is 7.87. The van der Waals surface area contributed by atoms with E-state index in [-0.39, 0.29) is 0 Å². The van der Waals surface area contributed by atoms with Crippen LogP contribution < -0.4 is 15.1 Å². The molecule has 0 spiro atoms. The van der Waals surface area contributed by atoms with Crippen LogP contribution in [0.3, 0.4) is 0 Å². The average Bonchev–Trinajstić information content (AvgIpc) is 2.80. The molecule has 1 saturated heterocycles. The molecule has 0 amide bonds. The first kappa shape index (κ1) is 22.0. The van der Waals surface area contributed by atoms with Crippen LogP contribution in [-0.2, 0) is 17.7 Å². The molecule has 1 aliphatic rings. The smallest absolute Gasteiger partial charge is 0.320 e. The Bertz CT molecular complexity index is 995. The van der Waals surface area contributed by atoms with Gasteiger partial charge in [-0.2, -0.15) is 9.97 Å². The zero-order valence-electron chi connectivity index (χ0n) is 18.7.